The normalized spacial score (nSPS) is 13.8. The first-order valence-electron chi connectivity index (χ1n) is 7.72. The van der Waals surface area contributed by atoms with E-state index in [1.54, 1.807) is 0 Å². The minimum atomic E-state index is -0.320. The second kappa shape index (κ2) is 10.4. The van der Waals surface area contributed by atoms with Crippen molar-refractivity contribution in [3.63, 3.8) is 0 Å². The molecule has 0 bridgehead atoms. The zero-order valence-electron chi connectivity index (χ0n) is 12.7. The molecule has 1 heterocycles. The van der Waals surface area contributed by atoms with Gasteiger partial charge in [0, 0.05) is 31.6 Å². The van der Waals surface area contributed by atoms with Crippen LogP contribution in [-0.2, 0) is 9.53 Å². The zero-order valence-corrected chi connectivity index (χ0v) is 12.7. The average molecular weight is 280 g/mol. The molecule has 0 saturated carbocycles. The van der Waals surface area contributed by atoms with Crippen molar-refractivity contribution in [1.82, 2.24) is 9.80 Å². The first-order chi connectivity index (χ1) is 9.76. The van der Waals surface area contributed by atoms with Crippen LogP contribution in [0.5, 0.6) is 0 Å². The van der Waals surface area contributed by atoms with Gasteiger partial charge in [0.1, 0.15) is 0 Å². The molecule has 0 atom stereocenters. The second-order valence-corrected chi connectivity index (χ2v) is 5.20. The summed E-state index contributed by atoms with van der Waals surface area (Å²) in [5.74, 6) is -0.320. The molecule has 0 spiro atoms. The number of hydrogen-bond donors (Lipinski definition) is 0. The molecular formula is C16H28N2O2. The Bertz CT molecular complexity index is 316. The van der Waals surface area contributed by atoms with Crippen LogP contribution in [0.3, 0.4) is 0 Å². The first kappa shape index (κ1) is 16.6. The Kier molecular flexibility index (Phi) is 8.59. The highest BCUT2D eigenvalue weighted by molar-refractivity contribution is 5.81. The van der Waals surface area contributed by atoms with E-state index in [1.165, 1.54) is 31.8 Å². The lowest BCUT2D eigenvalue weighted by Gasteiger charge is -2.21. The van der Waals surface area contributed by atoms with Gasteiger partial charge in [-0.3, -0.25) is 0 Å². The largest absolute Gasteiger partial charge is 0.463 e. The monoisotopic (exact) mass is 280 g/mol. The molecule has 0 aromatic rings. The van der Waals surface area contributed by atoms with E-state index < -0.39 is 0 Å². The number of carbonyl (C=O) groups excluding carboxylic acids is 1. The molecule has 0 saturated heterocycles. The molecule has 4 heteroatoms. The smallest absolute Gasteiger partial charge is 0.330 e. The summed E-state index contributed by atoms with van der Waals surface area (Å²) in [5.41, 5.74) is 0. The Labute approximate surface area is 123 Å². The van der Waals surface area contributed by atoms with Gasteiger partial charge in [-0.1, -0.05) is 26.3 Å². The minimum Gasteiger partial charge on any atom is -0.463 e. The van der Waals surface area contributed by atoms with Crippen LogP contribution in [0.25, 0.3) is 0 Å². The summed E-state index contributed by atoms with van der Waals surface area (Å²) in [4.78, 5) is 15.6. The highest BCUT2D eigenvalue weighted by atomic mass is 16.5. The fraction of sp³-hybridized carbons (Fsp3) is 0.688. The second-order valence-electron chi connectivity index (χ2n) is 5.20. The summed E-state index contributed by atoms with van der Waals surface area (Å²) in [6.07, 6.45) is 12.6. The van der Waals surface area contributed by atoms with Gasteiger partial charge in [0.05, 0.1) is 13.3 Å². The van der Waals surface area contributed by atoms with Crippen molar-refractivity contribution >= 4 is 5.97 Å². The van der Waals surface area contributed by atoms with Gasteiger partial charge in [0.25, 0.3) is 0 Å². The Hall–Kier alpha value is -1.45. The Balaban J connectivity index is 1.91. The van der Waals surface area contributed by atoms with Crippen molar-refractivity contribution in [1.29, 1.82) is 0 Å². The summed E-state index contributed by atoms with van der Waals surface area (Å²) in [6, 6.07) is 0. The van der Waals surface area contributed by atoms with Gasteiger partial charge in [-0.05, 0) is 25.7 Å². The molecule has 0 N–H and O–H groups in total. The molecule has 114 valence electrons. The van der Waals surface area contributed by atoms with Gasteiger partial charge in [-0.15, -0.1) is 0 Å². The first-order valence-corrected chi connectivity index (χ1v) is 7.72. The number of carbonyl (C=O) groups is 1. The van der Waals surface area contributed by atoms with E-state index in [9.17, 15) is 4.79 Å². The zero-order chi connectivity index (χ0) is 14.6. The van der Waals surface area contributed by atoms with Crippen LogP contribution < -0.4 is 0 Å². The predicted molar refractivity (Wildman–Crippen MR) is 82.0 cm³/mol. The molecule has 1 aliphatic rings. The lowest BCUT2D eigenvalue weighted by atomic mass is 10.2. The molecule has 0 aromatic heterocycles. The average Bonchev–Trinajstić information content (AvgIpc) is 2.91. The van der Waals surface area contributed by atoms with Crippen LogP contribution in [0.4, 0.5) is 0 Å². The van der Waals surface area contributed by atoms with Crippen molar-refractivity contribution in [3.8, 4) is 0 Å². The van der Waals surface area contributed by atoms with Crippen LogP contribution in [0.15, 0.2) is 25.1 Å². The molecule has 20 heavy (non-hydrogen) atoms. The Morgan fingerprint density at radius 3 is 2.45 bits per heavy atom. The number of rotatable bonds is 11. The van der Waals surface area contributed by atoms with E-state index in [-0.39, 0.29) is 5.97 Å². The summed E-state index contributed by atoms with van der Waals surface area (Å²) in [6.45, 7) is 9.43. The third kappa shape index (κ3) is 7.22. The van der Waals surface area contributed by atoms with Gasteiger partial charge in [-0.25, -0.2) is 4.79 Å². The molecule has 0 aliphatic carbocycles. The Morgan fingerprint density at radius 2 is 1.80 bits per heavy atom. The van der Waals surface area contributed by atoms with Gasteiger partial charge in [-0.2, -0.15) is 0 Å². The van der Waals surface area contributed by atoms with Crippen LogP contribution in [0.1, 0.15) is 45.4 Å². The van der Waals surface area contributed by atoms with Crippen LogP contribution >= 0.6 is 0 Å². The van der Waals surface area contributed by atoms with E-state index in [1.807, 2.05) is 0 Å². The molecule has 0 aromatic carbocycles. The minimum absolute atomic E-state index is 0.320. The summed E-state index contributed by atoms with van der Waals surface area (Å²) < 4.78 is 4.94. The van der Waals surface area contributed by atoms with Crippen molar-refractivity contribution in [2.45, 2.75) is 45.4 Å². The van der Waals surface area contributed by atoms with Crippen molar-refractivity contribution < 1.29 is 9.53 Å². The lowest BCUT2D eigenvalue weighted by molar-refractivity contribution is -0.137. The standard InChI is InChI=1S/C16H28N2O2/c1-3-5-10-17-12-13-18(15-17)11-8-6-7-9-14-20-16(19)4-2/h4,12-13H,2-3,5-11,14-15H2,1H3. The van der Waals surface area contributed by atoms with Crippen LogP contribution in [0.2, 0.25) is 0 Å². The third-order valence-corrected chi connectivity index (χ3v) is 3.40. The van der Waals surface area contributed by atoms with E-state index in [2.05, 4.69) is 35.7 Å². The number of hydrogen-bond acceptors (Lipinski definition) is 4. The molecule has 4 nitrogen and oxygen atoms in total. The molecular weight excluding hydrogens is 252 g/mol. The van der Waals surface area contributed by atoms with E-state index in [4.69, 9.17) is 4.74 Å². The van der Waals surface area contributed by atoms with E-state index >= 15 is 0 Å². The van der Waals surface area contributed by atoms with Gasteiger partial charge in [0.15, 0.2) is 0 Å². The SMILES string of the molecule is C=CC(=O)OCCCCCCN1C=CN(CCCC)C1. The summed E-state index contributed by atoms with van der Waals surface area (Å²) in [7, 11) is 0. The lowest BCUT2D eigenvalue weighted by Crippen LogP contribution is -2.26. The van der Waals surface area contributed by atoms with Gasteiger partial charge < -0.3 is 14.5 Å². The van der Waals surface area contributed by atoms with E-state index in [0.717, 1.165) is 32.6 Å². The Morgan fingerprint density at radius 1 is 1.15 bits per heavy atom. The maximum atomic E-state index is 10.8. The molecule has 0 radical (unpaired) electrons. The number of nitrogens with zero attached hydrogens (tertiary/aromatic N) is 2. The molecule has 0 amide bonds. The highest BCUT2D eigenvalue weighted by Crippen LogP contribution is 2.10. The van der Waals surface area contributed by atoms with Crippen LogP contribution in [0, 0.1) is 0 Å². The molecule has 1 aliphatic heterocycles. The number of ether oxygens (including phenoxy) is 1. The number of unbranched alkanes of at least 4 members (excludes halogenated alkanes) is 4. The summed E-state index contributed by atoms with van der Waals surface area (Å²) >= 11 is 0. The molecule has 1 rings (SSSR count). The van der Waals surface area contributed by atoms with Crippen molar-refractivity contribution in [2.24, 2.45) is 0 Å². The molecule has 0 fully saturated rings. The quantitative estimate of drug-likeness (QED) is 0.331. The number of esters is 1. The fourth-order valence-electron chi connectivity index (χ4n) is 2.17. The molecule has 0 unspecified atom stereocenters. The van der Waals surface area contributed by atoms with Crippen molar-refractivity contribution in [2.75, 3.05) is 26.4 Å². The predicted octanol–water partition coefficient (Wildman–Crippen LogP) is 3.12. The van der Waals surface area contributed by atoms with Gasteiger partial charge >= 0.3 is 5.97 Å². The third-order valence-electron chi connectivity index (χ3n) is 3.40. The van der Waals surface area contributed by atoms with Crippen molar-refractivity contribution in [3.05, 3.63) is 25.1 Å². The maximum absolute atomic E-state index is 10.8. The topological polar surface area (TPSA) is 32.8 Å². The fourth-order valence-corrected chi connectivity index (χ4v) is 2.17. The van der Waals surface area contributed by atoms with Gasteiger partial charge in [0.2, 0.25) is 0 Å². The maximum Gasteiger partial charge on any atom is 0.330 e. The van der Waals surface area contributed by atoms with E-state index in [0.29, 0.717) is 6.61 Å². The van der Waals surface area contributed by atoms with Crippen LogP contribution in [-0.4, -0.2) is 42.1 Å². The summed E-state index contributed by atoms with van der Waals surface area (Å²) in [5, 5.41) is 0. The highest BCUT2D eigenvalue weighted by Gasteiger charge is 2.10.